The van der Waals surface area contributed by atoms with E-state index in [1.165, 1.54) is 12.1 Å². The summed E-state index contributed by atoms with van der Waals surface area (Å²) in [6.07, 6.45) is 0. The first-order valence-corrected chi connectivity index (χ1v) is 6.66. The number of nitrogens with two attached hydrogens (primary N) is 1. The number of nitro groups is 1. The van der Waals surface area contributed by atoms with Crippen molar-refractivity contribution in [2.45, 2.75) is 6.04 Å². The molecule has 0 saturated heterocycles. The Morgan fingerprint density at radius 2 is 2.15 bits per heavy atom. The number of hydrogen-bond acceptors (Lipinski definition) is 7. The number of nitro benzene ring substituents is 1. The Kier molecular flexibility index (Phi) is 5.40. The standard InChI is InChI=1S/C9H9N5O4Se.ClH/c10-4(9(15)16)3-11-5-1-2-6(14(17)18)8-7(5)12-19-13-8;/h1-2,4,11H,3,10H2,(H,15,16);1H/t4-;/m1./s1. The van der Waals surface area contributed by atoms with E-state index in [9.17, 15) is 14.9 Å². The minimum absolute atomic E-state index is 0. The second-order valence-corrected chi connectivity index (χ2v) is 4.79. The van der Waals surface area contributed by atoms with Crippen molar-refractivity contribution >= 4 is 55.7 Å². The fourth-order valence-electron chi connectivity index (χ4n) is 1.45. The Morgan fingerprint density at radius 1 is 1.50 bits per heavy atom. The summed E-state index contributed by atoms with van der Waals surface area (Å²) in [6.45, 7) is 0.00209. The number of halogens is 1. The summed E-state index contributed by atoms with van der Waals surface area (Å²) in [6, 6.07) is 1.73. The topological polar surface area (TPSA) is 144 Å². The van der Waals surface area contributed by atoms with Crippen molar-refractivity contribution in [2.75, 3.05) is 11.9 Å². The first-order chi connectivity index (χ1) is 9.00. The molecule has 0 unspecified atom stereocenters. The Bertz CT molecular complexity index is 648. The van der Waals surface area contributed by atoms with Gasteiger partial charge in [-0.3, -0.25) is 0 Å². The molecule has 0 spiro atoms. The van der Waals surface area contributed by atoms with E-state index in [0.29, 0.717) is 11.2 Å². The molecule has 1 atom stereocenters. The first-order valence-electron chi connectivity index (χ1n) is 5.12. The van der Waals surface area contributed by atoms with E-state index in [-0.39, 0.29) is 30.2 Å². The quantitative estimate of drug-likeness (QED) is 0.376. The Balaban J connectivity index is 0.00000200. The van der Waals surface area contributed by atoms with Crippen molar-refractivity contribution in [2.24, 2.45) is 5.73 Å². The van der Waals surface area contributed by atoms with Gasteiger partial charge in [-0.15, -0.1) is 12.4 Å². The van der Waals surface area contributed by atoms with Gasteiger partial charge in [-0.1, -0.05) is 0 Å². The molecule has 2 rings (SSSR count). The van der Waals surface area contributed by atoms with E-state index in [1.54, 1.807) is 0 Å². The molecule has 0 saturated carbocycles. The Labute approximate surface area is 124 Å². The maximum absolute atomic E-state index is 10.8. The fraction of sp³-hybridized carbons (Fsp3) is 0.222. The average molecular weight is 367 g/mol. The molecule has 11 heteroatoms. The molecule has 0 aliphatic heterocycles. The molecule has 1 heterocycles. The van der Waals surface area contributed by atoms with Crippen LogP contribution in [0.5, 0.6) is 0 Å². The van der Waals surface area contributed by atoms with Gasteiger partial charge in [-0.25, -0.2) is 0 Å². The second-order valence-electron chi connectivity index (χ2n) is 3.68. The third kappa shape index (κ3) is 3.23. The van der Waals surface area contributed by atoms with Crippen LogP contribution in [-0.4, -0.2) is 51.5 Å². The number of carboxylic acids is 1. The summed E-state index contributed by atoms with van der Waals surface area (Å²) in [4.78, 5) is 20.9. The van der Waals surface area contributed by atoms with E-state index >= 15 is 0 Å². The summed E-state index contributed by atoms with van der Waals surface area (Å²) in [5.41, 5.74) is 6.39. The van der Waals surface area contributed by atoms with Crippen LogP contribution in [0.4, 0.5) is 11.4 Å². The number of hydrogen-bond donors (Lipinski definition) is 3. The monoisotopic (exact) mass is 367 g/mol. The number of non-ortho nitro benzene ring substituents is 1. The number of carboxylic acid groups (broad SMARTS) is 1. The number of nitrogens with one attached hydrogen (secondary N) is 1. The second kappa shape index (κ2) is 6.62. The SMILES string of the molecule is Cl.N[C@H](CNc1ccc([N+](=O)[O-])c2n[se]nc12)C(=O)O. The number of rotatable bonds is 5. The predicted octanol–water partition coefficient (Wildman–Crippen LogP) is -0.159. The number of anilines is 1. The van der Waals surface area contributed by atoms with Gasteiger partial charge in [0.1, 0.15) is 0 Å². The molecule has 0 amide bonds. The summed E-state index contributed by atoms with van der Waals surface area (Å²) < 4.78 is 8.12. The summed E-state index contributed by atoms with van der Waals surface area (Å²) in [5.74, 6) is -1.13. The molecular formula is C9H10ClN5O4Se. The van der Waals surface area contributed by atoms with Crippen LogP contribution >= 0.6 is 12.4 Å². The van der Waals surface area contributed by atoms with Crippen LogP contribution in [0, 0.1) is 10.1 Å². The molecule has 108 valence electrons. The van der Waals surface area contributed by atoms with Gasteiger partial charge in [-0.2, -0.15) is 0 Å². The molecule has 0 aliphatic rings. The van der Waals surface area contributed by atoms with Gasteiger partial charge in [-0.05, 0) is 0 Å². The van der Waals surface area contributed by atoms with Gasteiger partial charge < -0.3 is 0 Å². The van der Waals surface area contributed by atoms with Crippen LogP contribution in [0.25, 0.3) is 11.0 Å². The molecule has 4 N–H and O–H groups in total. The van der Waals surface area contributed by atoms with Crippen molar-refractivity contribution in [3.05, 3.63) is 22.2 Å². The van der Waals surface area contributed by atoms with Crippen LogP contribution in [0.3, 0.4) is 0 Å². The molecule has 0 aliphatic carbocycles. The predicted molar refractivity (Wildman–Crippen MR) is 74.5 cm³/mol. The summed E-state index contributed by atoms with van der Waals surface area (Å²) >= 11 is -0.417. The molecule has 0 fully saturated rings. The van der Waals surface area contributed by atoms with Gasteiger partial charge in [0, 0.05) is 0 Å². The van der Waals surface area contributed by atoms with Crippen LogP contribution in [0.2, 0.25) is 0 Å². The van der Waals surface area contributed by atoms with Gasteiger partial charge in [0.05, 0.1) is 0 Å². The molecule has 9 nitrogen and oxygen atoms in total. The van der Waals surface area contributed by atoms with Crippen molar-refractivity contribution in [1.29, 1.82) is 0 Å². The number of aromatic nitrogens is 2. The van der Waals surface area contributed by atoms with Crippen LogP contribution < -0.4 is 11.1 Å². The number of aliphatic carboxylic acids is 1. The van der Waals surface area contributed by atoms with Crippen molar-refractivity contribution in [3.8, 4) is 0 Å². The van der Waals surface area contributed by atoms with E-state index < -0.39 is 31.9 Å². The summed E-state index contributed by atoms with van der Waals surface area (Å²) in [7, 11) is 0. The molecule has 0 radical (unpaired) electrons. The number of fused-ring (bicyclic) bond motifs is 1. The summed E-state index contributed by atoms with van der Waals surface area (Å²) in [5, 5.41) is 22.3. The van der Waals surface area contributed by atoms with Crippen molar-refractivity contribution in [1.82, 2.24) is 7.96 Å². The van der Waals surface area contributed by atoms with E-state index in [2.05, 4.69) is 13.3 Å². The van der Waals surface area contributed by atoms with Gasteiger partial charge in [0.2, 0.25) is 0 Å². The Hall–Kier alpha value is -1.74. The third-order valence-electron chi connectivity index (χ3n) is 2.42. The van der Waals surface area contributed by atoms with Gasteiger partial charge in [0.25, 0.3) is 0 Å². The molecule has 1 aromatic heterocycles. The Morgan fingerprint density at radius 3 is 2.75 bits per heavy atom. The van der Waals surface area contributed by atoms with Crippen molar-refractivity contribution < 1.29 is 14.8 Å². The maximum atomic E-state index is 10.8. The molecule has 0 bridgehead atoms. The van der Waals surface area contributed by atoms with Gasteiger partial charge in [0.15, 0.2) is 0 Å². The fourth-order valence-corrected chi connectivity index (χ4v) is 2.64. The van der Waals surface area contributed by atoms with Crippen LogP contribution in [0.1, 0.15) is 0 Å². The van der Waals surface area contributed by atoms with Crippen LogP contribution in [0.15, 0.2) is 12.1 Å². The van der Waals surface area contributed by atoms with Crippen LogP contribution in [-0.2, 0) is 4.79 Å². The normalized spacial score (nSPS) is 11.7. The number of benzene rings is 1. The van der Waals surface area contributed by atoms with Gasteiger partial charge >= 0.3 is 112 Å². The number of nitrogens with zero attached hydrogens (tertiary/aromatic N) is 3. The van der Waals surface area contributed by atoms with E-state index in [4.69, 9.17) is 10.8 Å². The average Bonchev–Trinajstić information content (AvgIpc) is 2.83. The molecule has 20 heavy (non-hydrogen) atoms. The minimum atomic E-state index is -1.13. The van der Waals surface area contributed by atoms with E-state index in [0.717, 1.165) is 0 Å². The zero-order chi connectivity index (χ0) is 14.0. The molecule has 1 aromatic carbocycles. The molecule has 2 aromatic rings. The zero-order valence-corrected chi connectivity index (χ0v) is 12.4. The third-order valence-corrected chi connectivity index (χ3v) is 3.53. The number of carbonyl (C=O) groups is 1. The zero-order valence-electron chi connectivity index (χ0n) is 9.85. The first kappa shape index (κ1) is 16.3. The van der Waals surface area contributed by atoms with Crippen molar-refractivity contribution in [3.63, 3.8) is 0 Å². The van der Waals surface area contributed by atoms with E-state index in [1.807, 2.05) is 0 Å². The molecular weight excluding hydrogens is 357 g/mol.